The van der Waals surface area contributed by atoms with Crippen LogP contribution in [0.3, 0.4) is 0 Å². The number of carbonyl (C=O) groups excluding carboxylic acids is 3. The Balaban J connectivity index is 4.22. The molecule has 0 aromatic heterocycles. The zero-order valence-corrected chi connectivity index (χ0v) is 48.2. The Labute approximate surface area is 448 Å². The van der Waals surface area contributed by atoms with Crippen molar-refractivity contribution in [1.29, 1.82) is 0 Å². The van der Waals surface area contributed by atoms with Gasteiger partial charge in [-0.2, -0.15) is 0 Å². The van der Waals surface area contributed by atoms with Gasteiger partial charge in [-0.3, -0.25) is 14.4 Å². The molecular weight excluding hydrogens is 889 g/mol. The first kappa shape index (κ1) is 69.4. The van der Waals surface area contributed by atoms with Gasteiger partial charge >= 0.3 is 17.9 Å². The summed E-state index contributed by atoms with van der Waals surface area (Å²) in [6.45, 7) is 6.65. The molecule has 0 saturated carbocycles. The second kappa shape index (κ2) is 60.9. The normalized spacial score (nSPS) is 12.3. The number of ether oxygens (including phenoxy) is 3. The summed E-state index contributed by atoms with van der Waals surface area (Å²) >= 11 is 0. The minimum absolute atomic E-state index is 0.0729. The predicted octanol–water partition coefficient (Wildman–Crippen LogP) is 21.4. The van der Waals surface area contributed by atoms with Crippen LogP contribution in [0.4, 0.5) is 0 Å². The third-order valence-corrected chi connectivity index (χ3v) is 14.1. The van der Waals surface area contributed by atoms with E-state index in [1.54, 1.807) is 0 Å². The highest BCUT2D eigenvalue weighted by atomic mass is 16.6. The summed E-state index contributed by atoms with van der Waals surface area (Å²) in [6.07, 6.45) is 75.4. The van der Waals surface area contributed by atoms with Crippen LogP contribution in [-0.2, 0) is 28.6 Å². The standard InChI is InChI=1S/C66H120O6/c1-4-7-10-13-16-19-22-25-27-28-29-30-31-32-33-34-35-36-37-38-39-42-44-47-50-53-56-59-65(68)71-62-63(61-70-64(67)58-55-52-49-46-43-40-24-21-18-15-12-9-6-3)72-66(69)60-57-54-51-48-45-41-26-23-20-17-14-11-8-5-2/h21-22,24-25,28-29,31-32,63H,4-20,23,26-27,30,33-62H2,1-3H3/b24-21-,25-22-,29-28-,32-31-. The molecule has 0 bridgehead atoms. The second-order valence-electron chi connectivity index (χ2n) is 21.3. The molecular formula is C66H120O6. The van der Waals surface area contributed by atoms with Crippen molar-refractivity contribution >= 4 is 17.9 Å². The van der Waals surface area contributed by atoms with E-state index in [1.165, 1.54) is 218 Å². The van der Waals surface area contributed by atoms with Gasteiger partial charge in [0.2, 0.25) is 0 Å². The van der Waals surface area contributed by atoms with E-state index in [1.807, 2.05) is 0 Å². The van der Waals surface area contributed by atoms with Gasteiger partial charge in [-0.1, -0.05) is 281 Å². The fraction of sp³-hybridized carbons (Fsp3) is 0.833. The lowest BCUT2D eigenvalue weighted by molar-refractivity contribution is -0.167. The fourth-order valence-electron chi connectivity index (χ4n) is 9.27. The molecule has 72 heavy (non-hydrogen) atoms. The summed E-state index contributed by atoms with van der Waals surface area (Å²) in [5.41, 5.74) is 0. The van der Waals surface area contributed by atoms with Gasteiger partial charge in [0.25, 0.3) is 0 Å². The highest BCUT2D eigenvalue weighted by molar-refractivity contribution is 5.71. The molecule has 0 fully saturated rings. The Morgan fingerprint density at radius 2 is 0.500 bits per heavy atom. The van der Waals surface area contributed by atoms with Crippen molar-refractivity contribution in [2.45, 2.75) is 341 Å². The molecule has 0 aromatic carbocycles. The van der Waals surface area contributed by atoms with Gasteiger partial charge in [0, 0.05) is 19.3 Å². The molecule has 1 unspecified atom stereocenters. The average molecular weight is 1010 g/mol. The van der Waals surface area contributed by atoms with Crippen molar-refractivity contribution in [3.05, 3.63) is 48.6 Å². The highest BCUT2D eigenvalue weighted by Crippen LogP contribution is 2.17. The Hall–Kier alpha value is -2.63. The third kappa shape index (κ3) is 58.3. The number of hydrogen-bond acceptors (Lipinski definition) is 6. The van der Waals surface area contributed by atoms with Crippen molar-refractivity contribution in [2.24, 2.45) is 0 Å². The molecule has 0 aliphatic carbocycles. The average Bonchev–Trinajstić information content (AvgIpc) is 3.38. The Bertz CT molecular complexity index is 1250. The monoisotopic (exact) mass is 1010 g/mol. The Morgan fingerprint density at radius 3 is 0.806 bits per heavy atom. The fourth-order valence-corrected chi connectivity index (χ4v) is 9.27. The van der Waals surface area contributed by atoms with Crippen molar-refractivity contribution in [3.63, 3.8) is 0 Å². The van der Waals surface area contributed by atoms with Crippen molar-refractivity contribution in [3.8, 4) is 0 Å². The SMILES string of the molecule is CCCCCC/C=C\CCCCCCCC(=O)OCC(COC(=O)CCCCCCCCCCCCCC/C=C\C/C=C\C/C=C\CCCCCCC)OC(=O)CCCCCCCCCCCCCCCC. The largest absolute Gasteiger partial charge is 0.462 e. The molecule has 6 heteroatoms. The summed E-state index contributed by atoms with van der Waals surface area (Å²) in [7, 11) is 0. The molecule has 0 rings (SSSR count). The van der Waals surface area contributed by atoms with Crippen LogP contribution in [-0.4, -0.2) is 37.2 Å². The van der Waals surface area contributed by atoms with E-state index < -0.39 is 6.10 Å². The number of esters is 3. The van der Waals surface area contributed by atoms with Crippen molar-refractivity contribution in [2.75, 3.05) is 13.2 Å². The lowest BCUT2D eigenvalue weighted by Gasteiger charge is -2.18. The molecule has 0 aliphatic rings. The quantitative estimate of drug-likeness (QED) is 0.0261. The van der Waals surface area contributed by atoms with Gasteiger partial charge in [0.1, 0.15) is 13.2 Å². The minimum Gasteiger partial charge on any atom is -0.462 e. The molecule has 0 aliphatic heterocycles. The first-order valence-electron chi connectivity index (χ1n) is 31.6. The van der Waals surface area contributed by atoms with E-state index in [0.717, 1.165) is 77.0 Å². The first-order valence-corrected chi connectivity index (χ1v) is 31.6. The van der Waals surface area contributed by atoms with E-state index in [9.17, 15) is 14.4 Å². The maximum Gasteiger partial charge on any atom is 0.306 e. The zero-order valence-electron chi connectivity index (χ0n) is 48.2. The van der Waals surface area contributed by atoms with Gasteiger partial charge in [0.05, 0.1) is 0 Å². The molecule has 1 atom stereocenters. The van der Waals surface area contributed by atoms with Crippen LogP contribution < -0.4 is 0 Å². The Morgan fingerprint density at radius 1 is 0.278 bits per heavy atom. The minimum atomic E-state index is -0.774. The van der Waals surface area contributed by atoms with Crippen LogP contribution in [0.2, 0.25) is 0 Å². The molecule has 6 nitrogen and oxygen atoms in total. The van der Waals surface area contributed by atoms with Crippen LogP contribution in [0.5, 0.6) is 0 Å². The second-order valence-corrected chi connectivity index (χ2v) is 21.3. The zero-order chi connectivity index (χ0) is 52.2. The Kier molecular flexibility index (Phi) is 58.7. The van der Waals surface area contributed by atoms with Gasteiger partial charge in [-0.25, -0.2) is 0 Å². The lowest BCUT2D eigenvalue weighted by atomic mass is 10.0. The van der Waals surface area contributed by atoms with Gasteiger partial charge in [0.15, 0.2) is 6.10 Å². The molecule has 0 heterocycles. The number of unbranched alkanes of at least 4 members (excludes halogenated alkanes) is 39. The molecule has 0 radical (unpaired) electrons. The molecule has 0 aromatic rings. The lowest BCUT2D eigenvalue weighted by Crippen LogP contribution is -2.30. The van der Waals surface area contributed by atoms with Crippen LogP contribution in [0.25, 0.3) is 0 Å². The van der Waals surface area contributed by atoms with Crippen LogP contribution in [0, 0.1) is 0 Å². The maximum absolute atomic E-state index is 12.9. The van der Waals surface area contributed by atoms with Crippen molar-refractivity contribution < 1.29 is 28.6 Å². The summed E-state index contributed by atoms with van der Waals surface area (Å²) in [4.78, 5) is 38.2. The smallest absolute Gasteiger partial charge is 0.306 e. The number of hydrogen-bond donors (Lipinski definition) is 0. The first-order chi connectivity index (χ1) is 35.5. The molecule has 0 N–H and O–H groups in total. The number of carbonyl (C=O) groups is 3. The molecule has 0 saturated heterocycles. The van der Waals surface area contributed by atoms with Crippen LogP contribution in [0.15, 0.2) is 48.6 Å². The van der Waals surface area contributed by atoms with E-state index in [2.05, 4.69) is 69.4 Å². The number of rotatable bonds is 58. The summed E-state index contributed by atoms with van der Waals surface area (Å²) in [6, 6.07) is 0. The van der Waals surface area contributed by atoms with Crippen LogP contribution in [0.1, 0.15) is 335 Å². The summed E-state index contributed by atoms with van der Waals surface area (Å²) in [5.74, 6) is -0.865. The van der Waals surface area contributed by atoms with E-state index in [0.29, 0.717) is 19.3 Å². The van der Waals surface area contributed by atoms with E-state index in [4.69, 9.17) is 14.2 Å². The highest BCUT2D eigenvalue weighted by Gasteiger charge is 2.19. The summed E-state index contributed by atoms with van der Waals surface area (Å²) < 4.78 is 16.9. The van der Waals surface area contributed by atoms with E-state index in [-0.39, 0.29) is 31.1 Å². The molecule has 0 spiro atoms. The molecule has 420 valence electrons. The predicted molar refractivity (Wildman–Crippen MR) is 312 cm³/mol. The van der Waals surface area contributed by atoms with E-state index >= 15 is 0 Å². The maximum atomic E-state index is 12.9. The van der Waals surface area contributed by atoms with Gasteiger partial charge in [-0.05, 0) is 83.5 Å². The van der Waals surface area contributed by atoms with Crippen LogP contribution >= 0.6 is 0 Å². The van der Waals surface area contributed by atoms with Gasteiger partial charge < -0.3 is 14.2 Å². The number of allylic oxidation sites excluding steroid dienone is 8. The molecule has 0 amide bonds. The topological polar surface area (TPSA) is 78.9 Å². The third-order valence-electron chi connectivity index (χ3n) is 14.1. The summed E-state index contributed by atoms with van der Waals surface area (Å²) in [5, 5.41) is 0. The van der Waals surface area contributed by atoms with Gasteiger partial charge in [-0.15, -0.1) is 0 Å². The van der Waals surface area contributed by atoms with Crippen molar-refractivity contribution in [1.82, 2.24) is 0 Å².